The van der Waals surface area contributed by atoms with Crippen LogP contribution in [0.1, 0.15) is 26.3 Å². The molecule has 1 aromatic carbocycles. The maximum atomic E-state index is 4.99. The van der Waals surface area contributed by atoms with Crippen molar-refractivity contribution in [1.82, 2.24) is 0 Å². The van der Waals surface area contributed by atoms with Crippen molar-refractivity contribution in [2.45, 2.75) is 31.1 Å². The minimum absolute atomic E-state index is 0.239. The molecule has 0 N–H and O–H groups in total. The van der Waals surface area contributed by atoms with E-state index in [0.717, 1.165) is 4.90 Å². The lowest BCUT2D eigenvalue weighted by Crippen LogP contribution is -2.10. The Balaban J connectivity index is 2.99. The fourth-order valence-electron chi connectivity index (χ4n) is 0.955. The van der Waals surface area contributed by atoms with E-state index >= 15 is 0 Å². The summed E-state index contributed by atoms with van der Waals surface area (Å²) < 4.78 is 0. The van der Waals surface area contributed by atoms with Gasteiger partial charge in [0.15, 0.2) is 0 Å². The lowest BCUT2D eigenvalue weighted by atomic mass is 9.87. The zero-order valence-electron chi connectivity index (χ0n) is 7.22. The molecule has 0 amide bonds. The molecule has 0 aliphatic heterocycles. The second-order valence-corrected chi connectivity index (χ2v) is 4.25. The summed E-state index contributed by atoms with van der Waals surface area (Å²) in [7, 11) is 0. The summed E-state index contributed by atoms with van der Waals surface area (Å²) in [5.41, 5.74) is 1.58. The molecular formula is C10H13S-. The van der Waals surface area contributed by atoms with Gasteiger partial charge in [-0.25, -0.2) is 0 Å². The monoisotopic (exact) mass is 165 g/mol. The Labute approximate surface area is 74.0 Å². The molecule has 60 valence electrons. The highest BCUT2D eigenvalue weighted by atomic mass is 32.1. The maximum Gasteiger partial charge on any atom is -0.0132 e. The van der Waals surface area contributed by atoms with Gasteiger partial charge in [-0.2, -0.15) is 4.90 Å². The smallest absolute Gasteiger partial charge is 0.0132 e. The van der Waals surface area contributed by atoms with Crippen molar-refractivity contribution >= 4 is 12.6 Å². The zero-order chi connectivity index (χ0) is 8.48. The Hall–Kier alpha value is -0.560. The third-order valence-electron chi connectivity index (χ3n) is 1.72. The van der Waals surface area contributed by atoms with E-state index in [1.807, 2.05) is 12.1 Å². The molecule has 0 fully saturated rings. The van der Waals surface area contributed by atoms with Crippen molar-refractivity contribution in [2.24, 2.45) is 0 Å². The first kappa shape index (κ1) is 8.54. The minimum atomic E-state index is 0.239. The van der Waals surface area contributed by atoms with Gasteiger partial charge in [-0.3, -0.25) is 0 Å². The third-order valence-corrected chi connectivity index (χ3v) is 1.99. The van der Waals surface area contributed by atoms with Gasteiger partial charge in [0, 0.05) is 0 Å². The fraction of sp³-hybridized carbons (Fsp3) is 0.400. The summed E-state index contributed by atoms with van der Waals surface area (Å²) >= 11 is 4.99. The fourth-order valence-corrected chi connectivity index (χ4v) is 1.09. The van der Waals surface area contributed by atoms with Crippen molar-refractivity contribution in [3.8, 4) is 0 Å². The molecule has 0 aliphatic carbocycles. The molecule has 0 saturated heterocycles. The third kappa shape index (κ3) is 2.19. The van der Waals surface area contributed by atoms with Crippen LogP contribution in [0.5, 0.6) is 0 Å². The van der Waals surface area contributed by atoms with Crippen LogP contribution in [-0.2, 0) is 18.0 Å². The van der Waals surface area contributed by atoms with Crippen LogP contribution in [0.2, 0.25) is 0 Å². The van der Waals surface area contributed by atoms with Gasteiger partial charge in [-0.15, -0.1) is 0 Å². The van der Waals surface area contributed by atoms with Crippen LogP contribution in [0.4, 0.5) is 0 Å². The standard InChI is InChI=1S/C10H14S/c1-10(2,3)8-4-6-9(11)7-5-8/h4-7,11H,1-3H3/p-1. The summed E-state index contributed by atoms with van der Waals surface area (Å²) in [5.74, 6) is 0. The van der Waals surface area contributed by atoms with Crippen molar-refractivity contribution in [3.05, 3.63) is 29.8 Å². The van der Waals surface area contributed by atoms with Crippen molar-refractivity contribution in [2.75, 3.05) is 0 Å². The predicted octanol–water partition coefficient (Wildman–Crippen LogP) is 2.89. The Kier molecular flexibility index (Phi) is 2.19. The SMILES string of the molecule is CC(C)(C)c1ccc([S-])cc1. The molecule has 0 atom stereocenters. The lowest BCUT2D eigenvalue weighted by Gasteiger charge is -2.19. The van der Waals surface area contributed by atoms with Gasteiger partial charge in [0.2, 0.25) is 0 Å². The molecule has 0 radical (unpaired) electrons. The Morgan fingerprint density at radius 3 is 1.82 bits per heavy atom. The molecule has 0 unspecified atom stereocenters. The molecule has 0 spiro atoms. The van der Waals surface area contributed by atoms with Crippen LogP contribution < -0.4 is 0 Å². The average Bonchev–Trinajstić information content (AvgIpc) is 1.86. The second-order valence-electron chi connectivity index (χ2n) is 3.77. The molecule has 0 nitrogen and oxygen atoms in total. The number of hydrogen-bond donors (Lipinski definition) is 0. The Morgan fingerprint density at radius 1 is 1.00 bits per heavy atom. The molecule has 0 bridgehead atoms. The van der Waals surface area contributed by atoms with Crippen LogP contribution >= 0.6 is 0 Å². The van der Waals surface area contributed by atoms with Gasteiger partial charge in [0.1, 0.15) is 0 Å². The lowest BCUT2D eigenvalue weighted by molar-refractivity contribution is 0.590. The van der Waals surface area contributed by atoms with E-state index in [0.29, 0.717) is 0 Å². The molecule has 0 aromatic heterocycles. The molecule has 0 saturated carbocycles. The minimum Gasteiger partial charge on any atom is -0.780 e. The van der Waals surface area contributed by atoms with Gasteiger partial charge in [0.05, 0.1) is 0 Å². The number of benzene rings is 1. The molecule has 0 aliphatic rings. The Morgan fingerprint density at radius 2 is 1.45 bits per heavy atom. The quantitative estimate of drug-likeness (QED) is 0.533. The van der Waals surface area contributed by atoms with Crippen LogP contribution in [0, 0.1) is 0 Å². The van der Waals surface area contributed by atoms with E-state index in [1.54, 1.807) is 0 Å². The highest BCUT2D eigenvalue weighted by molar-refractivity contribution is 7.58. The highest BCUT2D eigenvalue weighted by Crippen LogP contribution is 2.21. The van der Waals surface area contributed by atoms with Crippen molar-refractivity contribution in [1.29, 1.82) is 0 Å². The van der Waals surface area contributed by atoms with Crippen LogP contribution in [-0.4, -0.2) is 0 Å². The summed E-state index contributed by atoms with van der Waals surface area (Å²) in [5, 5.41) is 0. The first-order valence-corrected chi connectivity index (χ1v) is 4.18. The van der Waals surface area contributed by atoms with E-state index in [1.165, 1.54) is 5.56 Å². The first-order valence-electron chi connectivity index (χ1n) is 3.78. The number of hydrogen-bond acceptors (Lipinski definition) is 1. The van der Waals surface area contributed by atoms with E-state index < -0.39 is 0 Å². The predicted molar refractivity (Wildman–Crippen MR) is 50.8 cm³/mol. The molecule has 0 heterocycles. The van der Waals surface area contributed by atoms with E-state index in [9.17, 15) is 0 Å². The van der Waals surface area contributed by atoms with Crippen LogP contribution in [0.25, 0.3) is 0 Å². The molecule has 11 heavy (non-hydrogen) atoms. The zero-order valence-corrected chi connectivity index (χ0v) is 8.03. The molecule has 1 heteroatoms. The topological polar surface area (TPSA) is 0 Å². The van der Waals surface area contributed by atoms with E-state index in [4.69, 9.17) is 12.6 Å². The summed E-state index contributed by atoms with van der Waals surface area (Å²) in [6.45, 7) is 6.60. The first-order chi connectivity index (χ1) is 5.00. The molecular weight excluding hydrogens is 152 g/mol. The average molecular weight is 165 g/mol. The number of rotatable bonds is 0. The molecule has 1 rings (SSSR count). The van der Waals surface area contributed by atoms with Crippen molar-refractivity contribution < 1.29 is 0 Å². The Bertz CT molecular complexity index is 228. The summed E-state index contributed by atoms with van der Waals surface area (Å²) in [4.78, 5) is 0.915. The van der Waals surface area contributed by atoms with Gasteiger partial charge >= 0.3 is 0 Å². The summed E-state index contributed by atoms with van der Waals surface area (Å²) in [6, 6.07) is 8.16. The van der Waals surface area contributed by atoms with E-state index in [-0.39, 0.29) is 5.41 Å². The van der Waals surface area contributed by atoms with Gasteiger partial charge in [0.25, 0.3) is 0 Å². The summed E-state index contributed by atoms with van der Waals surface area (Å²) in [6.07, 6.45) is 0. The maximum absolute atomic E-state index is 4.99. The van der Waals surface area contributed by atoms with E-state index in [2.05, 4.69) is 32.9 Å². The highest BCUT2D eigenvalue weighted by Gasteiger charge is 2.11. The van der Waals surface area contributed by atoms with Gasteiger partial charge in [-0.05, 0) is 11.0 Å². The van der Waals surface area contributed by atoms with Crippen LogP contribution in [0.3, 0.4) is 0 Å². The van der Waals surface area contributed by atoms with Crippen molar-refractivity contribution in [3.63, 3.8) is 0 Å². The van der Waals surface area contributed by atoms with Crippen LogP contribution in [0.15, 0.2) is 29.2 Å². The normalized spacial score (nSPS) is 11.5. The van der Waals surface area contributed by atoms with Gasteiger partial charge in [-0.1, -0.05) is 45.0 Å². The molecule has 1 aromatic rings. The van der Waals surface area contributed by atoms with Gasteiger partial charge < -0.3 is 12.6 Å². The largest absolute Gasteiger partial charge is 0.780 e. The second kappa shape index (κ2) is 2.82.